The fraction of sp³-hybridized carbons (Fsp3) is 0.167. The van der Waals surface area contributed by atoms with Crippen LogP contribution in [0.25, 0.3) is 10.2 Å². The molecule has 1 unspecified atom stereocenters. The van der Waals surface area contributed by atoms with Crippen molar-refractivity contribution in [1.29, 1.82) is 0 Å². The van der Waals surface area contributed by atoms with Crippen LogP contribution in [0.4, 0.5) is 18.9 Å². The summed E-state index contributed by atoms with van der Waals surface area (Å²) in [6, 6.07) is 11.8. The lowest BCUT2D eigenvalue weighted by atomic mass is 9.99. The number of amides is 2. The normalized spacial score (nSPS) is 13.9. The van der Waals surface area contributed by atoms with E-state index in [-0.39, 0.29) is 11.3 Å². The molecule has 0 aliphatic carbocycles. The summed E-state index contributed by atoms with van der Waals surface area (Å²) in [5.74, 6) is -1.85. The van der Waals surface area contributed by atoms with Crippen LogP contribution >= 0.6 is 11.3 Å². The number of halogens is 3. The van der Waals surface area contributed by atoms with E-state index in [0.717, 1.165) is 0 Å². The number of anilines is 1. The van der Waals surface area contributed by atoms with Gasteiger partial charge in [0.25, 0.3) is 0 Å². The van der Waals surface area contributed by atoms with Crippen LogP contribution in [-0.4, -0.2) is 28.1 Å². The summed E-state index contributed by atoms with van der Waals surface area (Å²) < 4.78 is 41.4. The van der Waals surface area contributed by atoms with Gasteiger partial charge in [-0.15, -0.1) is 11.3 Å². The Morgan fingerprint density at radius 1 is 1.14 bits per heavy atom. The summed E-state index contributed by atoms with van der Waals surface area (Å²) in [6.07, 6.45) is -6.43. The van der Waals surface area contributed by atoms with Crippen LogP contribution < -0.4 is 11.1 Å². The van der Waals surface area contributed by atoms with Gasteiger partial charge in [0.05, 0.1) is 16.6 Å². The van der Waals surface area contributed by atoms with E-state index in [1.165, 1.54) is 30.3 Å². The molecule has 10 heteroatoms. The number of nitrogens with two attached hydrogens (primary N) is 1. The van der Waals surface area contributed by atoms with Gasteiger partial charge >= 0.3 is 6.18 Å². The number of benzene rings is 2. The monoisotopic (exact) mass is 409 g/mol. The summed E-state index contributed by atoms with van der Waals surface area (Å²) in [5.41, 5.74) is 2.13. The van der Waals surface area contributed by atoms with Gasteiger partial charge in [0.2, 0.25) is 17.4 Å². The second-order valence-electron chi connectivity index (χ2n) is 6.01. The number of nitrogens with one attached hydrogen (secondary N) is 1. The van der Waals surface area contributed by atoms with Gasteiger partial charge in [0, 0.05) is 11.3 Å². The number of hydrogen-bond donors (Lipinski definition) is 3. The number of aromatic nitrogens is 1. The predicted molar refractivity (Wildman–Crippen MR) is 97.8 cm³/mol. The SMILES string of the molecule is NC(=O)c1cccc(NC(=O)CC(O)(c2nc3ccccc3s2)C(F)(F)F)c1. The molecule has 146 valence electrons. The van der Waals surface area contributed by atoms with E-state index in [1.54, 1.807) is 18.2 Å². The van der Waals surface area contributed by atoms with Crippen molar-refractivity contribution in [3.63, 3.8) is 0 Å². The second-order valence-corrected chi connectivity index (χ2v) is 7.05. The standard InChI is InChI=1S/C18H14F3N3O3S/c19-18(20,21)17(27,16-24-12-6-1-2-7-13(12)28-16)9-14(25)23-11-5-3-4-10(8-11)15(22)26/h1-8,27H,9H2,(H2,22,26)(H,23,25). The van der Waals surface area contributed by atoms with Gasteiger partial charge in [-0.1, -0.05) is 18.2 Å². The summed E-state index contributed by atoms with van der Waals surface area (Å²) in [4.78, 5) is 27.3. The summed E-state index contributed by atoms with van der Waals surface area (Å²) in [5, 5.41) is 12.0. The minimum Gasteiger partial charge on any atom is -0.374 e. The maximum atomic E-state index is 13.7. The molecule has 3 aromatic rings. The van der Waals surface area contributed by atoms with Crippen LogP contribution in [0.2, 0.25) is 0 Å². The Kier molecular flexibility index (Phi) is 5.09. The molecule has 1 atom stereocenters. The van der Waals surface area contributed by atoms with Crippen molar-refractivity contribution in [1.82, 2.24) is 4.98 Å². The van der Waals surface area contributed by atoms with Crippen molar-refractivity contribution in [3.05, 3.63) is 59.1 Å². The van der Waals surface area contributed by atoms with Crippen molar-refractivity contribution >= 4 is 39.1 Å². The Morgan fingerprint density at radius 2 is 1.86 bits per heavy atom. The largest absolute Gasteiger partial charge is 0.424 e. The molecule has 2 amide bonds. The molecule has 0 spiro atoms. The lowest BCUT2D eigenvalue weighted by molar-refractivity contribution is -0.266. The Hall–Kier alpha value is -2.98. The average molecular weight is 409 g/mol. The molecular weight excluding hydrogens is 395 g/mol. The van der Waals surface area contributed by atoms with Crippen LogP contribution in [0.1, 0.15) is 21.8 Å². The molecule has 6 nitrogen and oxygen atoms in total. The van der Waals surface area contributed by atoms with Crippen LogP contribution in [0.3, 0.4) is 0 Å². The predicted octanol–water partition coefficient (Wildman–Crippen LogP) is 3.17. The van der Waals surface area contributed by atoms with E-state index < -0.39 is 35.0 Å². The molecule has 0 bridgehead atoms. The van der Waals surface area contributed by atoms with Crippen molar-refractivity contribution in [3.8, 4) is 0 Å². The number of primary amides is 1. The molecule has 3 rings (SSSR count). The number of carbonyl (C=O) groups is 2. The number of carbonyl (C=O) groups excluding carboxylic acids is 2. The number of fused-ring (bicyclic) bond motifs is 1. The highest BCUT2D eigenvalue weighted by Gasteiger charge is 2.58. The van der Waals surface area contributed by atoms with E-state index in [4.69, 9.17) is 5.73 Å². The number of alkyl halides is 3. The maximum absolute atomic E-state index is 13.7. The second kappa shape index (κ2) is 7.21. The fourth-order valence-corrected chi connectivity index (χ4v) is 3.61. The molecule has 1 aromatic heterocycles. The van der Waals surface area contributed by atoms with Crippen molar-refractivity contribution in [2.24, 2.45) is 5.73 Å². The molecule has 0 saturated heterocycles. The summed E-state index contributed by atoms with van der Waals surface area (Å²) >= 11 is 0.663. The highest BCUT2D eigenvalue weighted by molar-refractivity contribution is 7.18. The van der Waals surface area contributed by atoms with Crippen molar-refractivity contribution < 1.29 is 27.9 Å². The number of para-hydroxylation sites is 1. The molecule has 0 aliphatic rings. The first-order chi connectivity index (χ1) is 13.1. The van der Waals surface area contributed by atoms with E-state index in [2.05, 4.69) is 10.3 Å². The Balaban J connectivity index is 1.89. The molecule has 4 N–H and O–H groups in total. The quantitative estimate of drug-likeness (QED) is 0.602. The topological polar surface area (TPSA) is 105 Å². The zero-order valence-electron chi connectivity index (χ0n) is 14.2. The number of thiazole rings is 1. The van der Waals surface area contributed by atoms with E-state index >= 15 is 0 Å². The van der Waals surface area contributed by atoms with Crippen LogP contribution in [0.15, 0.2) is 48.5 Å². The zero-order chi connectivity index (χ0) is 20.5. The van der Waals surface area contributed by atoms with Gasteiger partial charge in [-0.3, -0.25) is 9.59 Å². The van der Waals surface area contributed by atoms with Gasteiger partial charge < -0.3 is 16.2 Å². The number of hydrogen-bond acceptors (Lipinski definition) is 5. The van der Waals surface area contributed by atoms with Gasteiger partial charge in [-0.05, 0) is 30.3 Å². The molecule has 1 heterocycles. The molecule has 0 radical (unpaired) electrons. The Morgan fingerprint density at radius 3 is 2.50 bits per heavy atom. The lowest BCUT2D eigenvalue weighted by Gasteiger charge is -2.27. The third kappa shape index (κ3) is 3.82. The summed E-state index contributed by atoms with van der Waals surface area (Å²) in [7, 11) is 0. The van der Waals surface area contributed by atoms with Crippen LogP contribution in [0, 0.1) is 0 Å². The molecule has 28 heavy (non-hydrogen) atoms. The summed E-state index contributed by atoms with van der Waals surface area (Å²) in [6.45, 7) is 0. The molecule has 0 aliphatic heterocycles. The van der Waals surface area contributed by atoms with E-state index in [9.17, 15) is 27.9 Å². The first kappa shape index (κ1) is 19.8. The molecular formula is C18H14F3N3O3S. The van der Waals surface area contributed by atoms with Gasteiger partial charge in [-0.25, -0.2) is 4.98 Å². The minimum atomic E-state index is -5.13. The van der Waals surface area contributed by atoms with E-state index in [1.807, 2.05) is 0 Å². The average Bonchev–Trinajstić information content (AvgIpc) is 3.05. The maximum Gasteiger partial charge on any atom is 0.424 e. The van der Waals surface area contributed by atoms with Gasteiger partial charge in [-0.2, -0.15) is 13.2 Å². The highest BCUT2D eigenvalue weighted by atomic mass is 32.1. The smallest absolute Gasteiger partial charge is 0.374 e. The number of nitrogens with zero attached hydrogens (tertiary/aromatic N) is 1. The zero-order valence-corrected chi connectivity index (χ0v) is 15.0. The number of aliphatic hydroxyl groups is 1. The Labute approximate surface area is 160 Å². The highest BCUT2D eigenvalue weighted by Crippen LogP contribution is 2.44. The molecule has 2 aromatic carbocycles. The van der Waals surface area contributed by atoms with E-state index in [0.29, 0.717) is 21.6 Å². The first-order valence-electron chi connectivity index (χ1n) is 7.95. The van der Waals surface area contributed by atoms with Crippen molar-refractivity contribution in [2.45, 2.75) is 18.2 Å². The molecule has 0 saturated carbocycles. The Bertz CT molecular complexity index is 1020. The van der Waals surface area contributed by atoms with Gasteiger partial charge in [0.1, 0.15) is 5.01 Å². The van der Waals surface area contributed by atoms with Crippen LogP contribution in [-0.2, 0) is 10.4 Å². The minimum absolute atomic E-state index is 0.0788. The third-order valence-electron chi connectivity index (χ3n) is 3.96. The lowest BCUT2D eigenvalue weighted by Crippen LogP contribution is -2.45. The van der Waals surface area contributed by atoms with Gasteiger partial charge in [0.15, 0.2) is 0 Å². The molecule has 0 fully saturated rings. The van der Waals surface area contributed by atoms with Crippen molar-refractivity contribution in [2.75, 3.05) is 5.32 Å². The number of rotatable bonds is 5. The van der Waals surface area contributed by atoms with Crippen LogP contribution in [0.5, 0.6) is 0 Å². The fourth-order valence-electron chi connectivity index (χ4n) is 2.53. The first-order valence-corrected chi connectivity index (χ1v) is 8.77. The third-order valence-corrected chi connectivity index (χ3v) is 5.15.